The number of rotatable bonds is 3. The Morgan fingerprint density at radius 3 is 2.79 bits per heavy atom. The molecule has 0 bridgehead atoms. The fraction of sp³-hybridized carbons (Fsp3) is 0.294. The molecule has 1 fully saturated rings. The second-order valence-electron chi connectivity index (χ2n) is 5.50. The van der Waals surface area contributed by atoms with E-state index in [1.165, 1.54) is 0 Å². The van der Waals surface area contributed by atoms with Crippen LogP contribution in [0.2, 0.25) is 0 Å². The molecule has 0 atom stereocenters. The molecule has 2 aromatic rings. The molecule has 0 unspecified atom stereocenters. The molecular weight excluding hydrogens is 310 g/mol. The van der Waals surface area contributed by atoms with Gasteiger partial charge in [-0.25, -0.2) is 4.98 Å². The van der Waals surface area contributed by atoms with E-state index in [2.05, 4.69) is 15.2 Å². The van der Waals surface area contributed by atoms with Gasteiger partial charge in [-0.15, -0.1) is 0 Å². The number of aromatic nitrogens is 1. The van der Waals surface area contributed by atoms with Crippen molar-refractivity contribution in [3.63, 3.8) is 0 Å². The number of fused-ring (bicyclic) bond motifs is 1. The average molecular weight is 327 g/mol. The Labute approximate surface area is 139 Å². The summed E-state index contributed by atoms with van der Waals surface area (Å²) < 4.78 is 15.9. The van der Waals surface area contributed by atoms with Crippen molar-refractivity contribution in [2.45, 2.75) is 0 Å². The second-order valence-corrected chi connectivity index (χ2v) is 5.50. The summed E-state index contributed by atoms with van der Waals surface area (Å²) >= 11 is 0. The third-order valence-electron chi connectivity index (χ3n) is 3.93. The van der Waals surface area contributed by atoms with E-state index in [1.807, 2.05) is 12.1 Å². The lowest BCUT2D eigenvalue weighted by molar-refractivity contribution is 0.102. The summed E-state index contributed by atoms with van der Waals surface area (Å²) in [6.07, 6.45) is 0. The van der Waals surface area contributed by atoms with Crippen molar-refractivity contribution in [2.75, 3.05) is 43.3 Å². The number of amides is 1. The molecule has 0 radical (unpaired) electrons. The first-order valence-corrected chi connectivity index (χ1v) is 7.80. The van der Waals surface area contributed by atoms with Gasteiger partial charge in [0, 0.05) is 24.8 Å². The molecule has 1 N–H and O–H groups in total. The van der Waals surface area contributed by atoms with Crippen LogP contribution in [0.5, 0.6) is 11.5 Å². The molecule has 1 aromatic heterocycles. The van der Waals surface area contributed by atoms with Crippen LogP contribution in [0.1, 0.15) is 10.5 Å². The Balaban J connectivity index is 1.50. The number of carbonyl (C=O) groups excluding carboxylic acids is 1. The maximum absolute atomic E-state index is 12.5. The van der Waals surface area contributed by atoms with Crippen molar-refractivity contribution < 1.29 is 19.0 Å². The monoisotopic (exact) mass is 327 g/mol. The summed E-state index contributed by atoms with van der Waals surface area (Å²) in [6.45, 7) is 3.11. The van der Waals surface area contributed by atoms with E-state index in [0.29, 0.717) is 36.1 Å². The van der Waals surface area contributed by atoms with E-state index in [0.717, 1.165) is 18.9 Å². The first kappa shape index (κ1) is 14.8. The maximum Gasteiger partial charge on any atom is 0.274 e. The summed E-state index contributed by atoms with van der Waals surface area (Å²) in [4.78, 5) is 19.0. The number of anilines is 2. The highest BCUT2D eigenvalue weighted by Gasteiger charge is 2.17. The van der Waals surface area contributed by atoms with Gasteiger partial charge in [-0.05, 0) is 24.3 Å². The zero-order chi connectivity index (χ0) is 16.4. The highest BCUT2D eigenvalue weighted by atomic mass is 16.7. The fourth-order valence-electron chi connectivity index (χ4n) is 2.69. The molecular formula is C17H17N3O4. The summed E-state index contributed by atoms with van der Waals surface area (Å²) in [5, 5.41) is 2.84. The fourth-order valence-corrected chi connectivity index (χ4v) is 2.69. The van der Waals surface area contributed by atoms with Gasteiger partial charge in [0.25, 0.3) is 5.91 Å². The summed E-state index contributed by atoms with van der Waals surface area (Å²) in [5.41, 5.74) is 1.01. The standard InChI is InChI=1S/C17H17N3O4/c21-17(18-12-4-5-14-15(10-12)24-11-23-14)13-2-1-3-16(19-13)20-6-8-22-9-7-20/h1-5,10H,6-9,11H2,(H,18,21). The molecule has 1 amide bonds. The largest absolute Gasteiger partial charge is 0.454 e. The number of nitrogens with one attached hydrogen (secondary N) is 1. The number of pyridine rings is 1. The Hall–Kier alpha value is -2.80. The van der Waals surface area contributed by atoms with Crippen LogP contribution in [-0.4, -0.2) is 44.0 Å². The molecule has 0 saturated carbocycles. The van der Waals surface area contributed by atoms with Crippen molar-refractivity contribution in [1.82, 2.24) is 4.98 Å². The van der Waals surface area contributed by atoms with E-state index < -0.39 is 0 Å². The van der Waals surface area contributed by atoms with Crippen molar-refractivity contribution in [2.24, 2.45) is 0 Å². The quantitative estimate of drug-likeness (QED) is 0.928. The predicted octanol–water partition coefficient (Wildman–Crippen LogP) is 1.90. The molecule has 0 spiro atoms. The van der Waals surface area contributed by atoms with Crippen LogP contribution in [-0.2, 0) is 4.74 Å². The van der Waals surface area contributed by atoms with Crippen LogP contribution in [0.25, 0.3) is 0 Å². The van der Waals surface area contributed by atoms with Crippen LogP contribution in [0.3, 0.4) is 0 Å². The number of hydrogen-bond donors (Lipinski definition) is 1. The number of morpholine rings is 1. The normalized spacial score (nSPS) is 16.1. The Morgan fingerprint density at radius 1 is 1.08 bits per heavy atom. The molecule has 2 aliphatic rings. The van der Waals surface area contributed by atoms with Gasteiger partial charge in [0.15, 0.2) is 11.5 Å². The lowest BCUT2D eigenvalue weighted by Gasteiger charge is -2.27. The lowest BCUT2D eigenvalue weighted by atomic mass is 10.2. The molecule has 4 rings (SSSR count). The van der Waals surface area contributed by atoms with Crippen LogP contribution in [0, 0.1) is 0 Å². The van der Waals surface area contributed by atoms with Crippen molar-refractivity contribution in [1.29, 1.82) is 0 Å². The average Bonchev–Trinajstić information content (AvgIpc) is 3.10. The molecule has 24 heavy (non-hydrogen) atoms. The zero-order valence-electron chi connectivity index (χ0n) is 13.0. The first-order chi connectivity index (χ1) is 11.8. The third-order valence-corrected chi connectivity index (χ3v) is 3.93. The number of carbonyl (C=O) groups is 1. The van der Waals surface area contributed by atoms with Crippen molar-refractivity contribution in [3.05, 3.63) is 42.1 Å². The van der Waals surface area contributed by atoms with Gasteiger partial charge in [0.2, 0.25) is 6.79 Å². The maximum atomic E-state index is 12.5. The molecule has 1 aromatic carbocycles. The zero-order valence-corrected chi connectivity index (χ0v) is 13.0. The molecule has 7 nitrogen and oxygen atoms in total. The summed E-state index contributed by atoms with van der Waals surface area (Å²) in [5.74, 6) is 1.84. The van der Waals surface area contributed by atoms with E-state index in [-0.39, 0.29) is 12.7 Å². The molecule has 0 aliphatic carbocycles. The van der Waals surface area contributed by atoms with Gasteiger partial charge in [-0.3, -0.25) is 4.79 Å². The van der Waals surface area contributed by atoms with E-state index in [1.54, 1.807) is 24.3 Å². The molecule has 3 heterocycles. The highest BCUT2D eigenvalue weighted by Crippen LogP contribution is 2.34. The third kappa shape index (κ3) is 2.98. The Kier molecular flexibility index (Phi) is 3.92. The van der Waals surface area contributed by atoms with Gasteiger partial charge < -0.3 is 24.4 Å². The van der Waals surface area contributed by atoms with Crippen LogP contribution >= 0.6 is 0 Å². The van der Waals surface area contributed by atoms with Crippen LogP contribution < -0.4 is 19.7 Å². The van der Waals surface area contributed by atoms with E-state index in [4.69, 9.17) is 14.2 Å². The van der Waals surface area contributed by atoms with Gasteiger partial charge in [-0.1, -0.05) is 6.07 Å². The first-order valence-electron chi connectivity index (χ1n) is 7.80. The lowest BCUT2D eigenvalue weighted by Crippen LogP contribution is -2.37. The smallest absolute Gasteiger partial charge is 0.274 e. The topological polar surface area (TPSA) is 72.9 Å². The number of hydrogen-bond acceptors (Lipinski definition) is 6. The summed E-state index contributed by atoms with van der Waals surface area (Å²) in [7, 11) is 0. The van der Waals surface area contributed by atoms with Gasteiger partial charge in [0.1, 0.15) is 11.5 Å². The minimum absolute atomic E-state index is 0.204. The van der Waals surface area contributed by atoms with Crippen LogP contribution in [0.4, 0.5) is 11.5 Å². The molecule has 124 valence electrons. The molecule has 2 aliphatic heterocycles. The Bertz CT molecular complexity index is 759. The SMILES string of the molecule is O=C(Nc1ccc2c(c1)OCO2)c1cccc(N2CCOCC2)n1. The van der Waals surface area contributed by atoms with Gasteiger partial charge in [0.05, 0.1) is 13.2 Å². The number of ether oxygens (including phenoxy) is 3. The predicted molar refractivity (Wildman–Crippen MR) is 87.8 cm³/mol. The van der Waals surface area contributed by atoms with E-state index in [9.17, 15) is 4.79 Å². The Morgan fingerprint density at radius 2 is 1.92 bits per heavy atom. The van der Waals surface area contributed by atoms with Gasteiger partial charge >= 0.3 is 0 Å². The van der Waals surface area contributed by atoms with Crippen molar-refractivity contribution in [3.8, 4) is 11.5 Å². The van der Waals surface area contributed by atoms with Crippen molar-refractivity contribution >= 4 is 17.4 Å². The number of benzene rings is 1. The minimum Gasteiger partial charge on any atom is -0.454 e. The summed E-state index contributed by atoms with van der Waals surface area (Å²) in [6, 6.07) is 10.7. The second kappa shape index (κ2) is 6.37. The van der Waals surface area contributed by atoms with E-state index >= 15 is 0 Å². The van der Waals surface area contributed by atoms with Gasteiger partial charge in [-0.2, -0.15) is 0 Å². The minimum atomic E-state index is -0.260. The van der Waals surface area contributed by atoms with Crippen LogP contribution in [0.15, 0.2) is 36.4 Å². The molecule has 7 heteroatoms. The number of nitrogens with zero attached hydrogens (tertiary/aromatic N) is 2. The molecule has 1 saturated heterocycles. The highest BCUT2D eigenvalue weighted by molar-refractivity contribution is 6.03.